The van der Waals surface area contributed by atoms with Gasteiger partial charge < -0.3 is 19.4 Å². The number of nitrogens with zero attached hydrogens (tertiary/aromatic N) is 3. The zero-order valence-electron chi connectivity index (χ0n) is 17.3. The molecule has 158 valence electrons. The predicted octanol–water partition coefficient (Wildman–Crippen LogP) is 3.29. The van der Waals surface area contributed by atoms with Crippen LogP contribution in [-0.4, -0.2) is 52.3 Å². The third-order valence-electron chi connectivity index (χ3n) is 6.62. The zero-order chi connectivity index (χ0) is 20.5. The maximum atomic E-state index is 12.7. The molecule has 0 amide bonds. The Hall–Kier alpha value is -2.64. The highest BCUT2D eigenvalue weighted by atomic mass is 16.5. The number of aromatic amines is 1. The summed E-state index contributed by atoms with van der Waals surface area (Å²) in [5.41, 5.74) is 2.93. The van der Waals surface area contributed by atoms with Crippen molar-refractivity contribution in [3.8, 4) is 5.75 Å². The van der Waals surface area contributed by atoms with Gasteiger partial charge in [0.2, 0.25) is 0 Å². The van der Waals surface area contributed by atoms with Gasteiger partial charge in [-0.2, -0.15) is 0 Å². The number of ether oxygens (including phenoxy) is 2. The lowest BCUT2D eigenvalue weighted by molar-refractivity contribution is -0.0347. The van der Waals surface area contributed by atoms with Crippen molar-refractivity contribution in [3.63, 3.8) is 0 Å². The van der Waals surface area contributed by atoms with Gasteiger partial charge in [-0.1, -0.05) is 6.07 Å². The van der Waals surface area contributed by atoms with Gasteiger partial charge in [0.1, 0.15) is 5.75 Å². The fraction of sp³-hybridized carbons (Fsp3) is 0.478. The van der Waals surface area contributed by atoms with E-state index >= 15 is 0 Å². The number of fused-ring (bicyclic) bond motifs is 1. The number of likely N-dealkylation sites (tertiary alicyclic amines) is 1. The van der Waals surface area contributed by atoms with Crippen molar-refractivity contribution in [1.29, 1.82) is 0 Å². The Kier molecular flexibility index (Phi) is 5.31. The van der Waals surface area contributed by atoms with Gasteiger partial charge in [0.05, 0.1) is 24.2 Å². The molecule has 7 nitrogen and oxygen atoms in total. The van der Waals surface area contributed by atoms with Crippen LogP contribution in [0.4, 0.5) is 0 Å². The van der Waals surface area contributed by atoms with E-state index in [9.17, 15) is 4.79 Å². The number of H-pyrrole nitrogens is 1. The maximum Gasteiger partial charge on any atom is 0.326 e. The van der Waals surface area contributed by atoms with Crippen molar-refractivity contribution in [2.45, 2.75) is 43.9 Å². The molecule has 2 aliphatic rings. The number of imidazole rings is 1. The van der Waals surface area contributed by atoms with Crippen LogP contribution in [0.2, 0.25) is 0 Å². The molecule has 3 aromatic rings. The molecule has 30 heavy (non-hydrogen) atoms. The lowest BCUT2D eigenvalue weighted by Crippen LogP contribution is -2.45. The van der Waals surface area contributed by atoms with Gasteiger partial charge in [-0.05, 0) is 49.4 Å². The lowest BCUT2D eigenvalue weighted by Gasteiger charge is -2.41. The average molecular weight is 409 g/mol. The molecular formula is C23H28N4O3. The second kappa shape index (κ2) is 8.24. The first-order chi connectivity index (χ1) is 14.7. The van der Waals surface area contributed by atoms with Crippen LogP contribution in [0.1, 0.15) is 43.4 Å². The van der Waals surface area contributed by atoms with Gasteiger partial charge in [0, 0.05) is 50.2 Å². The minimum atomic E-state index is -0.0283. The number of hydrogen-bond acceptors (Lipinski definition) is 5. The molecule has 2 fully saturated rings. The first-order valence-corrected chi connectivity index (χ1v) is 10.8. The smallest absolute Gasteiger partial charge is 0.326 e. The van der Waals surface area contributed by atoms with Gasteiger partial charge in [0.15, 0.2) is 0 Å². The molecule has 2 unspecified atom stereocenters. The molecule has 1 aromatic carbocycles. The summed E-state index contributed by atoms with van der Waals surface area (Å²) < 4.78 is 13.3. The Labute approximate surface area is 175 Å². The molecule has 4 heterocycles. The van der Waals surface area contributed by atoms with E-state index in [4.69, 9.17) is 9.47 Å². The molecule has 2 aromatic heterocycles. The van der Waals surface area contributed by atoms with Crippen LogP contribution in [0, 0.1) is 0 Å². The Bertz CT molecular complexity index is 1050. The molecule has 0 spiro atoms. The average Bonchev–Trinajstić information content (AvgIpc) is 3.14. The minimum Gasteiger partial charge on any atom is -0.497 e. The molecule has 7 heteroatoms. The molecule has 2 saturated heterocycles. The molecule has 2 aliphatic heterocycles. The predicted molar refractivity (Wildman–Crippen MR) is 115 cm³/mol. The number of aromatic nitrogens is 3. The molecular weight excluding hydrogens is 380 g/mol. The van der Waals surface area contributed by atoms with Gasteiger partial charge in [-0.15, -0.1) is 0 Å². The number of methoxy groups -OCH3 is 1. The van der Waals surface area contributed by atoms with E-state index in [0.717, 1.165) is 67.7 Å². The monoisotopic (exact) mass is 408 g/mol. The van der Waals surface area contributed by atoms with Crippen LogP contribution < -0.4 is 10.4 Å². The lowest BCUT2D eigenvalue weighted by atomic mass is 9.94. The number of pyridine rings is 1. The zero-order valence-corrected chi connectivity index (χ0v) is 17.3. The topological polar surface area (TPSA) is 72.4 Å². The Morgan fingerprint density at radius 2 is 2.03 bits per heavy atom. The summed E-state index contributed by atoms with van der Waals surface area (Å²) in [6, 6.07) is 10.6. The van der Waals surface area contributed by atoms with Crippen molar-refractivity contribution >= 4 is 11.0 Å². The van der Waals surface area contributed by atoms with Crippen molar-refractivity contribution in [1.82, 2.24) is 19.4 Å². The van der Waals surface area contributed by atoms with Crippen LogP contribution in [0.3, 0.4) is 0 Å². The van der Waals surface area contributed by atoms with Gasteiger partial charge >= 0.3 is 5.69 Å². The molecule has 1 N–H and O–H groups in total. The maximum absolute atomic E-state index is 12.7. The van der Waals surface area contributed by atoms with E-state index in [0.29, 0.717) is 6.04 Å². The van der Waals surface area contributed by atoms with Crippen LogP contribution in [0.25, 0.3) is 11.0 Å². The highest BCUT2D eigenvalue weighted by Crippen LogP contribution is 2.33. The number of benzene rings is 1. The quantitative estimate of drug-likeness (QED) is 0.717. The number of rotatable bonds is 4. The number of piperidine rings is 1. The van der Waals surface area contributed by atoms with Gasteiger partial charge in [-0.3, -0.25) is 9.55 Å². The van der Waals surface area contributed by atoms with E-state index in [1.807, 2.05) is 35.0 Å². The molecule has 2 atom stereocenters. The molecule has 5 rings (SSSR count). The first-order valence-electron chi connectivity index (χ1n) is 10.8. The fourth-order valence-corrected chi connectivity index (χ4v) is 5.01. The third-order valence-corrected chi connectivity index (χ3v) is 6.62. The highest BCUT2D eigenvalue weighted by Gasteiger charge is 2.32. The van der Waals surface area contributed by atoms with Crippen LogP contribution in [0.15, 0.2) is 47.5 Å². The summed E-state index contributed by atoms with van der Waals surface area (Å²) in [5, 5.41) is 0. The van der Waals surface area contributed by atoms with Crippen molar-refractivity contribution in [2.75, 3.05) is 26.8 Å². The van der Waals surface area contributed by atoms with Gasteiger partial charge in [-0.25, -0.2) is 4.79 Å². The Balaban J connectivity index is 1.28. The number of nitrogens with one attached hydrogen (secondary N) is 1. The second-order valence-electron chi connectivity index (χ2n) is 8.27. The first kappa shape index (κ1) is 19.3. The SMILES string of the molecule is COc1ccc2[nH]c(=O)n(C3CCN(C4CCOC(c5cccnc5)C4)CC3)c2c1. The standard InChI is InChI=1S/C23H28N4O3/c1-29-19-4-5-20-21(14-19)27(23(28)25-20)17-6-10-26(11-7-17)18-8-12-30-22(13-18)16-3-2-9-24-15-16/h2-5,9,14-15,17-18,22H,6-8,10-13H2,1H3,(H,25,28). The largest absolute Gasteiger partial charge is 0.497 e. The van der Waals surface area contributed by atoms with E-state index in [2.05, 4.69) is 20.9 Å². The van der Waals surface area contributed by atoms with Crippen LogP contribution in [-0.2, 0) is 4.74 Å². The molecule has 0 saturated carbocycles. The Morgan fingerprint density at radius 1 is 1.17 bits per heavy atom. The van der Waals surface area contributed by atoms with E-state index < -0.39 is 0 Å². The second-order valence-corrected chi connectivity index (χ2v) is 8.27. The summed E-state index contributed by atoms with van der Waals surface area (Å²) in [5.74, 6) is 0.774. The summed E-state index contributed by atoms with van der Waals surface area (Å²) >= 11 is 0. The van der Waals surface area contributed by atoms with E-state index in [-0.39, 0.29) is 17.8 Å². The summed E-state index contributed by atoms with van der Waals surface area (Å²) in [6.45, 7) is 2.78. The van der Waals surface area contributed by atoms with E-state index in [1.165, 1.54) is 0 Å². The van der Waals surface area contributed by atoms with Crippen LogP contribution in [0.5, 0.6) is 5.75 Å². The molecule has 0 radical (unpaired) electrons. The van der Waals surface area contributed by atoms with E-state index in [1.54, 1.807) is 13.3 Å². The number of hydrogen-bond donors (Lipinski definition) is 1. The molecule has 0 aliphatic carbocycles. The van der Waals surface area contributed by atoms with Crippen molar-refractivity contribution in [2.24, 2.45) is 0 Å². The van der Waals surface area contributed by atoms with Crippen LogP contribution >= 0.6 is 0 Å². The molecule has 0 bridgehead atoms. The Morgan fingerprint density at radius 3 is 2.80 bits per heavy atom. The minimum absolute atomic E-state index is 0.0283. The normalized spacial score (nSPS) is 23.6. The van der Waals surface area contributed by atoms with Gasteiger partial charge in [0.25, 0.3) is 0 Å². The third kappa shape index (κ3) is 3.63. The fourth-order valence-electron chi connectivity index (χ4n) is 5.01. The summed E-state index contributed by atoms with van der Waals surface area (Å²) in [6.07, 6.45) is 7.84. The highest BCUT2D eigenvalue weighted by molar-refractivity contribution is 5.77. The van der Waals surface area contributed by atoms with Crippen molar-refractivity contribution < 1.29 is 9.47 Å². The summed E-state index contributed by atoms with van der Waals surface area (Å²) in [4.78, 5) is 22.5. The summed E-state index contributed by atoms with van der Waals surface area (Å²) in [7, 11) is 1.65. The van der Waals surface area contributed by atoms with Crippen molar-refractivity contribution in [3.05, 3.63) is 58.8 Å².